The number of rotatable bonds is 6. The molecule has 1 amide bonds. The van der Waals surface area contributed by atoms with Crippen LogP contribution in [0.25, 0.3) is 5.69 Å². The highest BCUT2D eigenvalue weighted by Crippen LogP contribution is 2.25. The van der Waals surface area contributed by atoms with Crippen LogP contribution in [0.3, 0.4) is 0 Å². The minimum absolute atomic E-state index is 0.0572. The molecule has 3 aromatic rings. The molecule has 7 nitrogen and oxygen atoms in total. The standard InChI is InChI=1S/C24H29ClN4O3S/c1-16-20(17(2)29(26-16)19-10-8-7-9-11-19)15-28(6)23(30)18-12-13-21(25)22(14-18)33(31,32)27-24(3,4)5/h7-14,27H,15H2,1-6H3. The summed E-state index contributed by atoms with van der Waals surface area (Å²) in [6.45, 7) is 9.41. The van der Waals surface area contributed by atoms with E-state index in [0.29, 0.717) is 6.54 Å². The van der Waals surface area contributed by atoms with E-state index >= 15 is 0 Å². The molecule has 0 bridgehead atoms. The van der Waals surface area contributed by atoms with E-state index in [1.165, 1.54) is 18.2 Å². The zero-order valence-corrected chi connectivity index (χ0v) is 21.3. The van der Waals surface area contributed by atoms with Crippen LogP contribution in [0.4, 0.5) is 0 Å². The fourth-order valence-corrected chi connectivity index (χ4v) is 5.50. The highest BCUT2D eigenvalue weighted by Gasteiger charge is 2.26. The lowest BCUT2D eigenvalue weighted by molar-refractivity contribution is 0.0784. The Morgan fingerprint density at radius 1 is 1.12 bits per heavy atom. The van der Waals surface area contributed by atoms with Gasteiger partial charge in [-0.1, -0.05) is 29.8 Å². The number of carbonyl (C=O) groups is 1. The summed E-state index contributed by atoms with van der Waals surface area (Å²) in [6, 6.07) is 14.1. The number of nitrogens with one attached hydrogen (secondary N) is 1. The molecule has 176 valence electrons. The Hall–Kier alpha value is -2.68. The van der Waals surface area contributed by atoms with E-state index < -0.39 is 15.6 Å². The van der Waals surface area contributed by atoms with Gasteiger partial charge >= 0.3 is 0 Å². The molecule has 0 radical (unpaired) electrons. The maximum Gasteiger partial charge on any atom is 0.253 e. The first kappa shape index (κ1) is 25.0. The first-order chi connectivity index (χ1) is 15.3. The molecule has 0 aliphatic rings. The van der Waals surface area contributed by atoms with E-state index in [1.54, 1.807) is 32.7 Å². The Bertz CT molecular complexity index is 1280. The fraction of sp³-hybridized carbons (Fsp3) is 0.333. The number of halogens is 1. The predicted octanol–water partition coefficient (Wildman–Crippen LogP) is 4.49. The predicted molar refractivity (Wildman–Crippen MR) is 130 cm³/mol. The van der Waals surface area contributed by atoms with Crippen molar-refractivity contribution in [2.75, 3.05) is 7.05 Å². The van der Waals surface area contributed by atoms with Crippen molar-refractivity contribution in [3.63, 3.8) is 0 Å². The second-order valence-corrected chi connectivity index (χ2v) is 11.1. The van der Waals surface area contributed by atoms with Gasteiger partial charge in [0.05, 0.1) is 16.4 Å². The van der Waals surface area contributed by atoms with Crippen LogP contribution in [-0.2, 0) is 16.6 Å². The van der Waals surface area contributed by atoms with Crippen LogP contribution in [0.5, 0.6) is 0 Å². The Balaban J connectivity index is 1.88. The summed E-state index contributed by atoms with van der Waals surface area (Å²) < 4.78 is 30.0. The average Bonchev–Trinajstić information content (AvgIpc) is 3.00. The van der Waals surface area contributed by atoms with Crippen LogP contribution in [-0.4, -0.2) is 41.6 Å². The maximum atomic E-state index is 13.2. The van der Waals surface area contributed by atoms with Crippen LogP contribution in [0.15, 0.2) is 53.4 Å². The van der Waals surface area contributed by atoms with Crippen molar-refractivity contribution in [3.05, 3.63) is 76.1 Å². The molecule has 2 aromatic carbocycles. The van der Waals surface area contributed by atoms with E-state index in [4.69, 9.17) is 11.6 Å². The zero-order valence-electron chi connectivity index (χ0n) is 19.7. The number of hydrogen-bond donors (Lipinski definition) is 1. The number of carbonyl (C=O) groups excluding carboxylic acids is 1. The van der Waals surface area contributed by atoms with Crippen molar-refractivity contribution in [3.8, 4) is 5.69 Å². The van der Waals surface area contributed by atoms with Crippen molar-refractivity contribution < 1.29 is 13.2 Å². The third kappa shape index (κ3) is 5.63. The van der Waals surface area contributed by atoms with Gasteiger partial charge in [0.1, 0.15) is 4.90 Å². The van der Waals surface area contributed by atoms with Gasteiger partial charge in [0.25, 0.3) is 5.91 Å². The maximum absolute atomic E-state index is 13.2. The number of aromatic nitrogens is 2. The summed E-state index contributed by atoms with van der Waals surface area (Å²) in [6.07, 6.45) is 0. The summed E-state index contributed by atoms with van der Waals surface area (Å²) >= 11 is 6.17. The molecule has 1 N–H and O–H groups in total. The van der Waals surface area contributed by atoms with E-state index in [-0.39, 0.29) is 21.4 Å². The number of aryl methyl sites for hydroxylation is 1. The molecular formula is C24H29ClN4O3S. The van der Waals surface area contributed by atoms with Crippen molar-refractivity contribution in [1.29, 1.82) is 0 Å². The monoisotopic (exact) mass is 488 g/mol. The van der Waals surface area contributed by atoms with Crippen LogP contribution in [0.1, 0.15) is 48.1 Å². The van der Waals surface area contributed by atoms with Gasteiger partial charge in [-0.05, 0) is 65.0 Å². The summed E-state index contributed by atoms with van der Waals surface area (Å²) in [7, 11) is -2.22. The summed E-state index contributed by atoms with van der Waals surface area (Å²) in [5.41, 5.74) is 3.19. The third-order valence-electron chi connectivity index (χ3n) is 5.09. The molecule has 0 atom stereocenters. The number of para-hydroxylation sites is 1. The largest absolute Gasteiger partial charge is 0.337 e. The van der Waals surface area contributed by atoms with E-state index in [9.17, 15) is 13.2 Å². The topological polar surface area (TPSA) is 84.3 Å². The second-order valence-electron chi connectivity index (χ2n) is 9.06. The smallest absolute Gasteiger partial charge is 0.253 e. The SMILES string of the molecule is Cc1nn(-c2ccccc2)c(C)c1CN(C)C(=O)c1ccc(Cl)c(S(=O)(=O)NC(C)(C)C)c1. The molecule has 33 heavy (non-hydrogen) atoms. The molecule has 1 aromatic heterocycles. The molecule has 1 heterocycles. The first-order valence-corrected chi connectivity index (χ1v) is 12.4. The lowest BCUT2D eigenvalue weighted by atomic mass is 10.1. The van der Waals surface area contributed by atoms with Crippen LogP contribution < -0.4 is 4.72 Å². The fourth-order valence-electron chi connectivity index (χ4n) is 3.55. The second kappa shape index (κ2) is 9.29. The van der Waals surface area contributed by atoms with Gasteiger partial charge in [-0.2, -0.15) is 5.10 Å². The highest BCUT2D eigenvalue weighted by atomic mass is 35.5. The molecule has 3 rings (SSSR count). The van der Waals surface area contributed by atoms with E-state index in [0.717, 1.165) is 22.6 Å². The quantitative estimate of drug-likeness (QED) is 0.554. The molecule has 0 aliphatic heterocycles. The van der Waals surface area contributed by atoms with Crippen LogP contribution in [0.2, 0.25) is 5.02 Å². The van der Waals surface area contributed by atoms with Gasteiger partial charge in [-0.15, -0.1) is 0 Å². The Morgan fingerprint density at radius 2 is 1.76 bits per heavy atom. The Morgan fingerprint density at radius 3 is 2.36 bits per heavy atom. The number of benzene rings is 2. The Labute approximate surface area is 200 Å². The van der Waals surface area contributed by atoms with E-state index in [2.05, 4.69) is 9.82 Å². The molecule has 0 saturated heterocycles. The lowest BCUT2D eigenvalue weighted by Gasteiger charge is -2.22. The summed E-state index contributed by atoms with van der Waals surface area (Å²) in [5, 5.41) is 4.69. The average molecular weight is 489 g/mol. The van der Waals surface area contributed by atoms with Gasteiger partial charge in [-0.3, -0.25) is 4.79 Å². The van der Waals surface area contributed by atoms with Crippen molar-refractivity contribution in [2.45, 2.75) is 51.6 Å². The molecule has 9 heteroatoms. The number of hydrogen-bond acceptors (Lipinski definition) is 4. The zero-order chi connectivity index (χ0) is 24.6. The van der Waals surface area contributed by atoms with Gasteiger partial charge < -0.3 is 4.90 Å². The number of nitrogens with zero attached hydrogens (tertiary/aromatic N) is 3. The van der Waals surface area contributed by atoms with Gasteiger partial charge in [0.15, 0.2) is 0 Å². The van der Waals surface area contributed by atoms with Crippen molar-refractivity contribution >= 4 is 27.5 Å². The molecule has 0 unspecified atom stereocenters. The first-order valence-electron chi connectivity index (χ1n) is 10.5. The number of sulfonamides is 1. The third-order valence-corrected chi connectivity index (χ3v) is 7.33. The van der Waals surface area contributed by atoms with Gasteiger partial charge in [0.2, 0.25) is 10.0 Å². The van der Waals surface area contributed by atoms with Crippen molar-refractivity contribution in [2.24, 2.45) is 0 Å². The molecule has 0 saturated carbocycles. The highest BCUT2D eigenvalue weighted by molar-refractivity contribution is 7.89. The number of amides is 1. The summed E-state index contributed by atoms with van der Waals surface area (Å²) in [5.74, 6) is -0.315. The normalized spacial score (nSPS) is 12.1. The van der Waals surface area contributed by atoms with E-state index in [1.807, 2.05) is 48.9 Å². The van der Waals surface area contributed by atoms with Gasteiger partial charge in [-0.25, -0.2) is 17.8 Å². The van der Waals surface area contributed by atoms with Crippen LogP contribution in [0, 0.1) is 13.8 Å². The lowest BCUT2D eigenvalue weighted by Crippen LogP contribution is -2.40. The molecule has 0 fully saturated rings. The summed E-state index contributed by atoms with van der Waals surface area (Å²) in [4.78, 5) is 14.6. The molecule has 0 aliphatic carbocycles. The molecule has 0 spiro atoms. The Kier molecular flexibility index (Phi) is 7.02. The molecular weight excluding hydrogens is 460 g/mol. The van der Waals surface area contributed by atoms with Crippen molar-refractivity contribution in [1.82, 2.24) is 19.4 Å². The van der Waals surface area contributed by atoms with Gasteiger partial charge in [0, 0.05) is 36.0 Å². The minimum atomic E-state index is -3.90. The minimum Gasteiger partial charge on any atom is -0.337 e. The van der Waals surface area contributed by atoms with Crippen LogP contribution >= 0.6 is 11.6 Å².